The summed E-state index contributed by atoms with van der Waals surface area (Å²) in [4.78, 5) is 20.6. The minimum atomic E-state index is -1.25. The van der Waals surface area contributed by atoms with Crippen LogP contribution in [0.3, 0.4) is 0 Å². The molecule has 92 valence electrons. The quantitative estimate of drug-likeness (QED) is 0.676. The summed E-state index contributed by atoms with van der Waals surface area (Å²) in [7, 11) is 0. The third kappa shape index (κ3) is 3.21. The Kier molecular flexibility index (Phi) is 4.14. The van der Waals surface area contributed by atoms with Crippen LogP contribution in [0.25, 0.3) is 0 Å². The number of nitro benzene ring substituents is 1. The molecule has 0 bridgehead atoms. The van der Waals surface area contributed by atoms with E-state index in [1.807, 2.05) is 0 Å². The molecule has 0 aliphatic rings. The van der Waals surface area contributed by atoms with Gasteiger partial charge in [-0.05, 0) is 6.92 Å². The van der Waals surface area contributed by atoms with Gasteiger partial charge in [-0.15, -0.1) is 0 Å². The molecule has 0 aromatic heterocycles. The Balaban J connectivity index is 3.17. The molecule has 0 saturated heterocycles. The van der Waals surface area contributed by atoms with Crippen molar-refractivity contribution in [3.05, 3.63) is 32.3 Å². The third-order valence-corrected chi connectivity index (χ3v) is 2.57. The Hall–Kier alpha value is -1.53. The molecule has 0 fully saturated rings. The number of ether oxygens (including phenoxy) is 1. The van der Waals surface area contributed by atoms with Gasteiger partial charge in [0.2, 0.25) is 0 Å². The van der Waals surface area contributed by atoms with Crippen molar-refractivity contribution >= 4 is 34.9 Å². The van der Waals surface area contributed by atoms with E-state index in [-0.39, 0.29) is 15.8 Å². The molecule has 1 aromatic rings. The van der Waals surface area contributed by atoms with Crippen LogP contribution in [0.2, 0.25) is 10.0 Å². The van der Waals surface area contributed by atoms with Crippen molar-refractivity contribution in [2.45, 2.75) is 13.0 Å². The van der Waals surface area contributed by atoms with Gasteiger partial charge in [0, 0.05) is 12.1 Å². The number of nitro groups is 1. The summed E-state index contributed by atoms with van der Waals surface area (Å²) in [5.74, 6) is -1.48. The zero-order chi connectivity index (χ0) is 13.2. The number of halogens is 2. The highest BCUT2D eigenvalue weighted by atomic mass is 35.5. The fourth-order valence-corrected chi connectivity index (χ4v) is 1.31. The van der Waals surface area contributed by atoms with Gasteiger partial charge in [-0.1, -0.05) is 23.2 Å². The Morgan fingerprint density at radius 2 is 2.00 bits per heavy atom. The zero-order valence-electron chi connectivity index (χ0n) is 8.52. The van der Waals surface area contributed by atoms with Crippen LogP contribution in [-0.4, -0.2) is 22.1 Å². The first-order valence-electron chi connectivity index (χ1n) is 4.36. The summed E-state index contributed by atoms with van der Waals surface area (Å²) in [5, 5.41) is 19.4. The first kappa shape index (κ1) is 13.5. The molecule has 0 saturated carbocycles. The SMILES string of the molecule is CC(Oc1cc(Cl)c(Cl)cc1[N+](=O)[O-])C(=O)O. The van der Waals surface area contributed by atoms with Gasteiger partial charge in [0.15, 0.2) is 11.9 Å². The van der Waals surface area contributed by atoms with E-state index in [4.69, 9.17) is 33.0 Å². The van der Waals surface area contributed by atoms with Crippen molar-refractivity contribution in [2.24, 2.45) is 0 Å². The maximum absolute atomic E-state index is 10.7. The third-order valence-electron chi connectivity index (χ3n) is 1.85. The van der Waals surface area contributed by atoms with Crippen LogP contribution < -0.4 is 4.74 Å². The van der Waals surface area contributed by atoms with Gasteiger partial charge in [-0.25, -0.2) is 4.79 Å². The van der Waals surface area contributed by atoms with E-state index in [9.17, 15) is 14.9 Å². The maximum atomic E-state index is 10.7. The number of hydrogen-bond acceptors (Lipinski definition) is 4. The second-order valence-corrected chi connectivity index (χ2v) is 3.90. The standard InChI is InChI=1S/C9H7Cl2NO5/c1-4(9(13)14)17-8-3-6(11)5(10)2-7(8)12(15)16/h2-4H,1H3,(H,13,14). The Morgan fingerprint density at radius 3 is 2.47 bits per heavy atom. The van der Waals surface area contributed by atoms with E-state index in [0.29, 0.717) is 0 Å². The van der Waals surface area contributed by atoms with Crippen LogP contribution in [-0.2, 0) is 4.79 Å². The second-order valence-electron chi connectivity index (χ2n) is 3.09. The zero-order valence-corrected chi connectivity index (χ0v) is 10.0. The van der Waals surface area contributed by atoms with Crippen LogP contribution in [0.15, 0.2) is 12.1 Å². The average molecular weight is 280 g/mol. The highest BCUT2D eigenvalue weighted by Gasteiger charge is 2.22. The fraction of sp³-hybridized carbons (Fsp3) is 0.222. The van der Waals surface area contributed by atoms with Crippen molar-refractivity contribution < 1.29 is 19.6 Å². The van der Waals surface area contributed by atoms with Gasteiger partial charge in [0.05, 0.1) is 15.0 Å². The first-order chi connectivity index (χ1) is 7.82. The van der Waals surface area contributed by atoms with Gasteiger partial charge in [-0.3, -0.25) is 10.1 Å². The lowest BCUT2D eigenvalue weighted by Crippen LogP contribution is -2.23. The molecule has 1 atom stereocenters. The van der Waals surface area contributed by atoms with E-state index < -0.39 is 22.7 Å². The van der Waals surface area contributed by atoms with Crippen LogP contribution in [0.1, 0.15) is 6.92 Å². The van der Waals surface area contributed by atoms with E-state index in [1.54, 1.807) is 0 Å². The lowest BCUT2D eigenvalue weighted by Gasteiger charge is -2.11. The van der Waals surface area contributed by atoms with Gasteiger partial charge in [0.25, 0.3) is 0 Å². The predicted molar refractivity (Wildman–Crippen MR) is 60.8 cm³/mol. The summed E-state index contributed by atoms with van der Waals surface area (Å²) in [6.45, 7) is 1.24. The minimum absolute atomic E-state index is 0.00584. The molecule has 1 N–H and O–H groups in total. The van der Waals surface area contributed by atoms with E-state index in [1.165, 1.54) is 6.92 Å². The number of hydrogen-bond donors (Lipinski definition) is 1. The lowest BCUT2D eigenvalue weighted by molar-refractivity contribution is -0.386. The van der Waals surface area contributed by atoms with Crippen molar-refractivity contribution in [2.75, 3.05) is 0 Å². The highest BCUT2D eigenvalue weighted by Crippen LogP contribution is 2.36. The Morgan fingerprint density at radius 1 is 1.47 bits per heavy atom. The largest absolute Gasteiger partial charge is 0.479 e. The molecule has 1 rings (SSSR count). The minimum Gasteiger partial charge on any atom is -0.479 e. The molecule has 17 heavy (non-hydrogen) atoms. The van der Waals surface area contributed by atoms with Crippen molar-refractivity contribution in [3.8, 4) is 5.75 Å². The van der Waals surface area contributed by atoms with Crippen molar-refractivity contribution in [3.63, 3.8) is 0 Å². The van der Waals surface area contributed by atoms with Crippen LogP contribution in [0, 0.1) is 10.1 Å². The lowest BCUT2D eigenvalue weighted by atomic mass is 10.3. The number of carboxylic acids is 1. The second kappa shape index (κ2) is 5.20. The summed E-state index contributed by atoms with van der Waals surface area (Å²) in [6.07, 6.45) is -1.23. The molecule has 0 radical (unpaired) electrons. The van der Waals surface area contributed by atoms with Crippen LogP contribution >= 0.6 is 23.2 Å². The molecule has 1 unspecified atom stereocenters. The molecule has 6 nitrogen and oxygen atoms in total. The number of nitrogens with zero attached hydrogens (tertiary/aromatic N) is 1. The topological polar surface area (TPSA) is 89.7 Å². The smallest absolute Gasteiger partial charge is 0.344 e. The number of aliphatic carboxylic acids is 1. The normalized spacial score (nSPS) is 11.9. The average Bonchev–Trinajstić information content (AvgIpc) is 2.22. The maximum Gasteiger partial charge on any atom is 0.344 e. The molecule has 0 aliphatic heterocycles. The molecule has 0 amide bonds. The van der Waals surface area contributed by atoms with Gasteiger partial charge in [0.1, 0.15) is 0 Å². The molecular formula is C9H7Cl2NO5. The fourth-order valence-electron chi connectivity index (χ4n) is 0.996. The predicted octanol–water partition coefficient (Wildman–Crippen LogP) is 2.75. The monoisotopic (exact) mass is 279 g/mol. The van der Waals surface area contributed by atoms with Gasteiger partial charge in [-0.2, -0.15) is 0 Å². The molecule has 0 spiro atoms. The summed E-state index contributed by atoms with van der Waals surface area (Å²) in [5.41, 5.74) is -0.437. The molecule has 8 heteroatoms. The first-order valence-corrected chi connectivity index (χ1v) is 5.11. The number of rotatable bonds is 4. The number of carboxylic acid groups (broad SMARTS) is 1. The van der Waals surface area contributed by atoms with Crippen molar-refractivity contribution in [1.29, 1.82) is 0 Å². The highest BCUT2D eigenvalue weighted by molar-refractivity contribution is 6.42. The molecule has 0 heterocycles. The summed E-state index contributed by atoms with van der Waals surface area (Å²) < 4.78 is 4.92. The van der Waals surface area contributed by atoms with Crippen molar-refractivity contribution in [1.82, 2.24) is 0 Å². The van der Waals surface area contributed by atoms with E-state index >= 15 is 0 Å². The summed E-state index contributed by atoms with van der Waals surface area (Å²) in [6, 6.07) is 2.12. The molecule has 1 aromatic carbocycles. The summed E-state index contributed by atoms with van der Waals surface area (Å²) >= 11 is 11.3. The number of benzene rings is 1. The Bertz CT molecular complexity index is 477. The number of carbonyl (C=O) groups is 1. The van der Waals surface area contributed by atoms with Crippen LogP contribution in [0.5, 0.6) is 5.75 Å². The Labute approximate surface area is 106 Å². The van der Waals surface area contributed by atoms with E-state index in [2.05, 4.69) is 0 Å². The van der Waals surface area contributed by atoms with Gasteiger partial charge >= 0.3 is 11.7 Å². The molecular weight excluding hydrogens is 273 g/mol. The van der Waals surface area contributed by atoms with Gasteiger partial charge < -0.3 is 9.84 Å². The molecule has 0 aliphatic carbocycles. The van der Waals surface area contributed by atoms with Crippen LogP contribution in [0.4, 0.5) is 5.69 Å². The van der Waals surface area contributed by atoms with E-state index in [0.717, 1.165) is 12.1 Å².